The minimum Gasteiger partial charge on any atom is -0.340 e. The number of rotatable bonds is 3. The van der Waals surface area contributed by atoms with E-state index in [2.05, 4.69) is 42.7 Å². The van der Waals surface area contributed by atoms with Crippen molar-refractivity contribution in [2.45, 2.75) is 25.3 Å². The first-order chi connectivity index (χ1) is 10.4. The first-order valence-corrected chi connectivity index (χ1v) is 8.37. The fourth-order valence-electron chi connectivity index (χ4n) is 3.09. The Morgan fingerprint density at radius 1 is 1.24 bits per heavy atom. The van der Waals surface area contributed by atoms with Gasteiger partial charge in [-0.15, -0.1) is 11.3 Å². The molecule has 0 unspecified atom stereocenters. The van der Waals surface area contributed by atoms with E-state index in [0.29, 0.717) is 5.92 Å². The molecule has 4 heterocycles. The van der Waals surface area contributed by atoms with Crippen LogP contribution in [0.3, 0.4) is 0 Å². The zero-order chi connectivity index (χ0) is 14.1. The lowest BCUT2D eigenvalue weighted by Gasteiger charge is -2.31. The van der Waals surface area contributed by atoms with Crippen LogP contribution in [0.5, 0.6) is 0 Å². The molecule has 4 nitrogen and oxygen atoms in total. The van der Waals surface area contributed by atoms with Crippen LogP contribution >= 0.6 is 11.3 Å². The first kappa shape index (κ1) is 13.0. The molecule has 21 heavy (non-hydrogen) atoms. The SMILES string of the molecule is c1ccc(C2CCN(Cc3nc4cscc4[nH]3)CC2)nc1. The Bertz CT molecular complexity index is 682. The van der Waals surface area contributed by atoms with Gasteiger partial charge in [0, 0.05) is 28.6 Å². The topological polar surface area (TPSA) is 44.8 Å². The molecule has 0 bridgehead atoms. The Kier molecular flexibility index (Phi) is 3.45. The summed E-state index contributed by atoms with van der Waals surface area (Å²) in [7, 11) is 0. The summed E-state index contributed by atoms with van der Waals surface area (Å²) in [4.78, 5) is 15.0. The van der Waals surface area contributed by atoms with E-state index in [0.717, 1.165) is 31.0 Å². The number of H-pyrrole nitrogens is 1. The van der Waals surface area contributed by atoms with Crippen LogP contribution in [0.25, 0.3) is 11.0 Å². The van der Waals surface area contributed by atoms with Crippen molar-refractivity contribution in [1.82, 2.24) is 19.9 Å². The molecule has 1 fully saturated rings. The summed E-state index contributed by atoms with van der Waals surface area (Å²) in [6, 6.07) is 6.23. The predicted molar refractivity (Wildman–Crippen MR) is 85.5 cm³/mol. The van der Waals surface area contributed by atoms with Gasteiger partial charge in [0.2, 0.25) is 0 Å². The molecule has 3 aromatic heterocycles. The number of pyridine rings is 1. The van der Waals surface area contributed by atoms with Crippen molar-refractivity contribution < 1.29 is 0 Å². The molecule has 1 N–H and O–H groups in total. The van der Waals surface area contributed by atoms with Crippen molar-refractivity contribution in [2.24, 2.45) is 0 Å². The highest BCUT2D eigenvalue weighted by Crippen LogP contribution is 2.27. The lowest BCUT2D eigenvalue weighted by molar-refractivity contribution is 0.199. The van der Waals surface area contributed by atoms with Crippen molar-refractivity contribution in [3.05, 3.63) is 46.7 Å². The average molecular weight is 298 g/mol. The van der Waals surface area contributed by atoms with Crippen LogP contribution < -0.4 is 0 Å². The molecule has 0 aromatic carbocycles. The smallest absolute Gasteiger partial charge is 0.121 e. The number of aromatic amines is 1. The number of hydrogen-bond acceptors (Lipinski definition) is 4. The third-order valence-electron chi connectivity index (χ3n) is 4.24. The molecule has 5 heteroatoms. The van der Waals surface area contributed by atoms with Gasteiger partial charge in [-0.2, -0.15) is 0 Å². The third-order valence-corrected chi connectivity index (χ3v) is 4.97. The summed E-state index contributed by atoms with van der Waals surface area (Å²) in [5.41, 5.74) is 3.51. The molecule has 3 aromatic rings. The number of thiophene rings is 1. The highest BCUT2D eigenvalue weighted by molar-refractivity contribution is 7.09. The number of nitrogens with zero attached hydrogens (tertiary/aromatic N) is 3. The maximum atomic E-state index is 4.64. The van der Waals surface area contributed by atoms with Crippen molar-refractivity contribution in [1.29, 1.82) is 0 Å². The number of hydrogen-bond donors (Lipinski definition) is 1. The van der Waals surface area contributed by atoms with Gasteiger partial charge in [-0.3, -0.25) is 9.88 Å². The zero-order valence-electron chi connectivity index (χ0n) is 11.8. The number of piperidine rings is 1. The fourth-order valence-corrected chi connectivity index (χ4v) is 3.78. The van der Waals surface area contributed by atoms with Gasteiger partial charge >= 0.3 is 0 Å². The van der Waals surface area contributed by atoms with E-state index in [1.165, 1.54) is 24.1 Å². The van der Waals surface area contributed by atoms with Crippen molar-refractivity contribution in [2.75, 3.05) is 13.1 Å². The van der Waals surface area contributed by atoms with Crippen LogP contribution in [0.4, 0.5) is 0 Å². The molecule has 108 valence electrons. The zero-order valence-corrected chi connectivity index (χ0v) is 12.6. The predicted octanol–water partition coefficient (Wildman–Crippen LogP) is 3.40. The second-order valence-electron chi connectivity index (χ2n) is 5.66. The van der Waals surface area contributed by atoms with Gasteiger partial charge < -0.3 is 4.98 Å². The fraction of sp³-hybridized carbons (Fsp3) is 0.375. The number of imidazole rings is 1. The molecule has 1 aliphatic rings. The van der Waals surface area contributed by atoms with Crippen molar-refractivity contribution >= 4 is 22.4 Å². The van der Waals surface area contributed by atoms with E-state index in [9.17, 15) is 0 Å². The molecule has 1 aliphatic heterocycles. The van der Waals surface area contributed by atoms with E-state index >= 15 is 0 Å². The molecule has 0 atom stereocenters. The van der Waals surface area contributed by atoms with Crippen LogP contribution in [0.15, 0.2) is 35.2 Å². The summed E-state index contributed by atoms with van der Waals surface area (Å²) in [5, 5.41) is 4.22. The van der Waals surface area contributed by atoms with Crippen LogP contribution in [-0.2, 0) is 6.54 Å². The largest absolute Gasteiger partial charge is 0.340 e. The monoisotopic (exact) mass is 298 g/mol. The molecule has 4 rings (SSSR count). The Balaban J connectivity index is 1.38. The van der Waals surface area contributed by atoms with Gasteiger partial charge in [0.1, 0.15) is 5.82 Å². The molecule has 0 spiro atoms. The summed E-state index contributed by atoms with van der Waals surface area (Å²) in [6.07, 6.45) is 4.27. The van der Waals surface area contributed by atoms with E-state index in [1.54, 1.807) is 11.3 Å². The van der Waals surface area contributed by atoms with Crippen LogP contribution in [-0.4, -0.2) is 32.9 Å². The molecule has 0 radical (unpaired) electrons. The Morgan fingerprint density at radius 2 is 2.14 bits per heavy atom. The van der Waals surface area contributed by atoms with Crippen LogP contribution in [0, 0.1) is 0 Å². The molecule has 0 aliphatic carbocycles. The van der Waals surface area contributed by atoms with Gasteiger partial charge in [-0.05, 0) is 38.1 Å². The Labute approximate surface area is 127 Å². The van der Waals surface area contributed by atoms with Gasteiger partial charge in [-0.1, -0.05) is 6.07 Å². The minimum absolute atomic E-state index is 0.613. The molecular weight excluding hydrogens is 280 g/mol. The Hall–Kier alpha value is -1.72. The maximum Gasteiger partial charge on any atom is 0.121 e. The molecule has 0 saturated carbocycles. The van der Waals surface area contributed by atoms with Crippen LogP contribution in [0.2, 0.25) is 0 Å². The minimum atomic E-state index is 0.613. The van der Waals surface area contributed by atoms with Crippen LogP contribution in [0.1, 0.15) is 30.3 Å². The number of likely N-dealkylation sites (tertiary alicyclic amines) is 1. The highest BCUT2D eigenvalue weighted by Gasteiger charge is 2.22. The highest BCUT2D eigenvalue weighted by atomic mass is 32.1. The van der Waals surface area contributed by atoms with E-state index in [1.807, 2.05) is 12.3 Å². The standard InChI is InChI=1S/C16H18N4S/c1-2-6-17-13(3-1)12-4-7-20(8-5-12)9-16-18-14-10-21-11-15(14)19-16/h1-3,6,10-12H,4-5,7-9H2,(H,18,19). The lowest BCUT2D eigenvalue weighted by Crippen LogP contribution is -2.33. The average Bonchev–Trinajstić information content (AvgIpc) is 3.10. The number of fused-ring (bicyclic) bond motifs is 1. The summed E-state index contributed by atoms with van der Waals surface area (Å²) in [5.74, 6) is 1.70. The molecule has 0 amide bonds. The first-order valence-electron chi connectivity index (χ1n) is 7.42. The summed E-state index contributed by atoms with van der Waals surface area (Å²) >= 11 is 1.70. The third kappa shape index (κ3) is 2.71. The molecule has 1 saturated heterocycles. The van der Waals surface area contributed by atoms with E-state index in [-0.39, 0.29) is 0 Å². The molecular formula is C16H18N4S. The van der Waals surface area contributed by atoms with Crippen molar-refractivity contribution in [3.63, 3.8) is 0 Å². The van der Waals surface area contributed by atoms with E-state index in [4.69, 9.17) is 0 Å². The normalized spacial score (nSPS) is 17.5. The second kappa shape index (κ2) is 5.58. The number of aromatic nitrogens is 3. The van der Waals surface area contributed by atoms with Gasteiger partial charge in [0.15, 0.2) is 0 Å². The quantitative estimate of drug-likeness (QED) is 0.806. The summed E-state index contributed by atoms with van der Waals surface area (Å²) < 4.78 is 0. The maximum absolute atomic E-state index is 4.64. The second-order valence-corrected chi connectivity index (χ2v) is 6.40. The summed E-state index contributed by atoms with van der Waals surface area (Å²) in [6.45, 7) is 3.16. The lowest BCUT2D eigenvalue weighted by atomic mass is 9.93. The van der Waals surface area contributed by atoms with Crippen molar-refractivity contribution in [3.8, 4) is 0 Å². The Morgan fingerprint density at radius 3 is 2.90 bits per heavy atom. The van der Waals surface area contributed by atoms with E-state index < -0.39 is 0 Å². The van der Waals surface area contributed by atoms with Gasteiger partial charge in [0.05, 0.1) is 17.6 Å². The van der Waals surface area contributed by atoms with Gasteiger partial charge in [-0.25, -0.2) is 4.98 Å². The number of nitrogens with one attached hydrogen (secondary N) is 1. The van der Waals surface area contributed by atoms with Gasteiger partial charge in [0.25, 0.3) is 0 Å².